The van der Waals surface area contributed by atoms with E-state index < -0.39 is 5.97 Å². The molecule has 0 radical (unpaired) electrons. The fourth-order valence-electron chi connectivity index (χ4n) is 3.77. The Bertz CT molecular complexity index is 1310. The summed E-state index contributed by atoms with van der Waals surface area (Å²) in [6.07, 6.45) is 5.55. The van der Waals surface area contributed by atoms with Crippen LogP contribution in [-0.4, -0.2) is 22.3 Å². The Balaban J connectivity index is 1.82. The van der Waals surface area contributed by atoms with Crippen LogP contribution >= 0.6 is 11.8 Å². The van der Waals surface area contributed by atoms with Crippen molar-refractivity contribution < 1.29 is 9.90 Å². The number of nitrogens with zero attached hydrogens (tertiary/aromatic N) is 1. The van der Waals surface area contributed by atoms with Crippen LogP contribution in [0.1, 0.15) is 36.5 Å². The Kier molecular flexibility index (Phi) is 6.42. The lowest BCUT2D eigenvalue weighted by molar-refractivity contribution is -0.130. The molecule has 0 amide bonds. The lowest BCUT2D eigenvalue weighted by Crippen LogP contribution is -1.99. The normalized spacial score (nSPS) is 11.8. The molecule has 160 valence electrons. The Morgan fingerprint density at radius 1 is 1.00 bits per heavy atom. The van der Waals surface area contributed by atoms with Crippen molar-refractivity contribution >= 4 is 40.3 Å². The molecule has 0 unspecified atom stereocenters. The Morgan fingerprint density at radius 3 is 2.47 bits per heavy atom. The maximum atomic E-state index is 12.0. The number of benzene rings is 3. The molecule has 0 saturated heterocycles. The quantitative estimate of drug-likeness (QED) is 0.193. The molecular weight excluding hydrogens is 414 g/mol. The molecule has 32 heavy (non-hydrogen) atoms. The monoisotopic (exact) mass is 439 g/mol. The average molecular weight is 440 g/mol. The van der Waals surface area contributed by atoms with Crippen LogP contribution in [0.5, 0.6) is 0 Å². The smallest absolute Gasteiger partial charge is 0.336 e. The summed E-state index contributed by atoms with van der Waals surface area (Å²) in [5.41, 5.74) is 6.08. The molecule has 4 rings (SSSR count). The third-order valence-electron chi connectivity index (χ3n) is 5.53. The molecule has 0 aliphatic rings. The van der Waals surface area contributed by atoms with Gasteiger partial charge in [0.2, 0.25) is 0 Å². The van der Waals surface area contributed by atoms with Crippen LogP contribution in [0, 0.1) is 0 Å². The predicted octanol–water partition coefficient (Wildman–Crippen LogP) is 7.37. The van der Waals surface area contributed by atoms with Crippen molar-refractivity contribution in [2.45, 2.75) is 24.7 Å². The van der Waals surface area contributed by atoms with Gasteiger partial charge in [0.25, 0.3) is 0 Å². The van der Waals surface area contributed by atoms with Crippen LogP contribution in [-0.2, 0) is 4.79 Å². The molecule has 4 aromatic rings. The van der Waals surface area contributed by atoms with Crippen molar-refractivity contribution in [2.24, 2.45) is 0 Å². The summed E-state index contributed by atoms with van der Waals surface area (Å²) in [6, 6.07) is 24.0. The maximum Gasteiger partial charge on any atom is 0.336 e. The number of carbonyl (C=O) groups is 1. The van der Waals surface area contributed by atoms with Gasteiger partial charge in [-0.2, -0.15) is 0 Å². The zero-order valence-electron chi connectivity index (χ0n) is 18.4. The molecule has 0 atom stereocenters. The fraction of sp³-hybridized carbons (Fsp3) is 0.143. The summed E-state index contributed by atoms with van der Waals surface area (Å²) in [7, 11) is 0. The van der Waals surface area contributed by atoms with Crippen molar-refractivity contribution in [2.75, 3.05) is 6.26 Å². The lowest BCUT2D eigenvalue weighted by atomic mass is 9.93. The Hall–Kier alpha value is -3.37. The van der Waals surface area contributed by atoms with Gasteiger partial charge in [0, 0.05) is 22.0 Å². The number of aromatic nitrogens is 1. The molecule has 0 bridgehead atoms. The summed E-state index contributed by atoms with van der Waals surface area (Å²) < 4.78 is 0. The van der Waals surface area contributed by atoms with E-state index in [2.05, 4.69) is 43.1 Å². The third-order valence-corrected chi connectivity index (χ3v) is 6.28. The third kappa shape index (κ3) is 4.61. The van der Waals surface area contributed by atoms with Crippen molar-refractivity contribution in [3.8, 4) is 11.1 Å². The van der Waals surface area contributed by atoms with Crippen molar-refractivity contribution in [1.82, 2.24) is 4.98 Å². The highest BCUT2D eigenvalue weighted by Crippen LogP contribution is 2.32. The lowest BCUT2D eigenvalue weighted by Gasteiger charge is -2.13. The van der Waals surface area contributed by atoms with Crippen molar-refractivity contribution in [1.29, 1.82) is 0 Å². The van der Waals surface area contributed by atoms with E-state index in [1.807, 2.05) is 61.0 Å². The second-order valence-electron chi connectivity index (χ2n) is 8.02. The highest BCUT2D eigenvalue weighted by atomic mass is 32.2. The minimum atomic E-state index is -0.943. The molecule has 0 saturated carbocycles. The van der Waals surface area contributed by atoms with E-state index in [0.717, 1.165) is 32.5 Å². The molecule has 0 aliphatic heterocycles. The van der Waals surface area contributed by atoms with Crippen LogP contribution < -0.4 is 0 Å². The molecule has 0 fully saturated rings. The molecule has 1 heterocycles. The van der Waals surface area contributed by atoms with Gasteiger partial charge in [-0.1, -0.05) is 50.2 Å². The summed E-state index contributed by atoms with van der Waals surface area (Å²) in [4.78, 5) is 17.8. The number of carboxylic acid groups (broad SMARTS) is 1. The first kappa shape index (κ1) is 21.8. The topological polar surface area (TPSA) is 50.2 Å². The van der Waals surface area contributed by atoms with E-state index in [9.17, 15) is 9.90 Å². The molecule has 1 N–H and O–H groups in total. The van der Waals surface area contributed by atoms with Crippen molar-refractivity contribution in [3.63, 3.8) is 0 Å². The van der Waals surface area contributed by atoms with E-state index in [1.54, 1.807) is 17.8 Å². The summed E-state index contributed by atoms with van der Waals surface area (Å²) in [5.74, 6) is -0.550. The van der Waals surface area contributed by atoms with Crippen molar-refractivity contribution in [3.05, 3.63) is 95.7 Å². The Labute approximate surface area is 192 Å². The first-order chi connectivity index (χ1) is 15.5. The summed E-state index contributed by atoms with van der Waals surface area (Å²) in [6.45, 7) is 4.36. The summed E-state index contributed by atoms with van der Waals surface area (Å²) in [5, 5.41) is 11.0. The number of hydrogen-bond acceptors (Lipinski definition) is 3. The van der Waals surface area contributed by atoms with Crippen LogP contribution in [0.2, 0.25) is 0 Å². The van der Waals surface area contributed by atoms with Gasteiger partial charge in [0.15, 0.2) is 0 Å². The predicted molar refractivity (Wildman–Crippen MR) is 135 cm³/mol. The molecular formula is C28H25NO2S. The average Bonchev–Trinajstić information content (AvgIpc) is 2.82. The number of rotatable bonds is 6. The van der Waals surface area contributed by atoms with Crippen LogP contribution in [0.3, 0.4) is 0 Å². The van der Waals surface area contributed by atoms with Gasteiger partial charge in [-0.15, -0.1) is 11.8 Å². The number of thioether (sulfide) groups is 1. The highest BCUT2D eigenvalue weighted by molar-refractivity contribution is 7.98. The van der Waals surface area contributed by atoms with E-state index in [0.29, 0.717) is 11.5 Å². The fourth-order valence-corrected chi connectivity index (χ4v) is 4.18. The summed E-state index contributed by atoms with van der Waals surface area (Å²) >= 11 is 1.63. The van der Waals surface area contributed by atoms with Gasteiger partial charge in [-0.25, -0.2) is 4.79 Å². The maximum absolute atomic E-state index is 12.0. The largest absolute Gasteiger partial charge is 0.478 e. The van der Waals surface area contributed by atoms with Crippen LogP contribution in [0.4, 0.5) is 0 Å². The van der Waals surface area contributed by atoms with Crippen LogP contribution in [0.25, 0.3) is 33.7 Å². The standard InChI is InChI=1S/C28H25NO2S/c1-18(2)23-16-22-8-5-13-29-27(22)25(17-23)21-7-4-6-19(14-21)15-26(28(30)31)20-9-11-24(32-3)12-10-20/h4-18H,1-3H3,(H,30,31)/b26-15+. The number of fused-ring (bicyclic) bond motifs is 1. The molecule has 3 aromatic carbocycles. The van der Waals surface area contributed by atoms with Gasteiger partial charge in [0.05, 0.1) is 11.1 Å². The molecule has 4 heteroatoms. The number of pyridine rings is 1. The second-order valence-corrected chi connectivity index (χ2v) is 8.90. The van der Waals surface area contributed by atoms with E-state index in [-0.39, 0.29) is 5.57 Å². The Morgan fingerprint density at radius 2 is 1.78 bits per heavy atom. The van der Waals surface area contributed by atoms with Gasteiger partial charge in [-0.3, -0.25) is 4.98 Å². The molecule has 1 aromatic heterocycles. The van der Waals surface area contributed by atoms with Crippen LogP contribution in [0.15, 0.2) is 83.9 Å². The first-order valence-corrected chi connectivity index (χ1v) is 11.8. The van der Waals surface area contributed by atoms with E-state index in [4.69, 9.17) is 0 Å². The second kappa shape index (κ2) is 9.41. The number of aliphatic carboxylic acids is 1. The van der Waals surface area contributed by atoms with E-state index in [1.165, 1.54) is 5.56 Å². The van der Waals surface area contributed by atoms with Gasteiger partial charge >= 0.3 is 5.97 Å². The minimum absolute atomic E-state index is 0.272. The van der Waals surface area contributed by atoms with Gasteiger partial charge in [-0.05, 0) is 76.9 Å². The molecule has 0 aliphatic carbocycles. The SMILES string of the molecule is CSc1ccc(/C(=C\c2cccc(-c3cc(C(C)C)cc4cccnc34)c2)C(=O)O)cc1. The first-order valence-electron chi connectivity index (χ1n) is 10.5. The highest BCUT2D eigenvalue weighted by Gasteiger charge is 2.13. The molecule has 0 spiro atoms. The van der Waals surface area contributed by atoms with Gasteiger partial charge < -0.3 is 5.11 Å². The minimum Gasteiger partial charge on any atom is -0.478 e. The number of hydrogen-bond donors (Lipinski definition) is 1. The zero-order valence-corrected chi connectivity index (χ0v) is 19.2. The molecule has 3 nitrogen and oxygen atoms in total. The number of carboxylic acids is 1. The van der Waals surface area contributed by atoms with Gasteiger partial charge in [0.1, 0.15) is 0 Å². The van der Waals surface area contributed by atoms with E-state index >= 15 is 0 Å². The zero-order chi connectivity index (χ0) is 22.7.